The maximum Gasteiger partial charge on any atom is 0.258 e. The van der Waals surface area contributed by atoms with Crippen LogP contribution in [0.15, 0.2) is 41.0 Å². The standard InChI is InChI=1S/C14H14ClNO2/c1-10-3-5-11(6-4-10)9-16(2)14(17)12-7-8-18-13(12)15/h3-8H,9H2,1-2H3. The summed E-state index contributed by atoms with van der Waals surface area (Å²) in [5.74, 6) is -0.144. The van der Waals surface area contributed by atoms with Gasteiger partial charge in [0.2, 0.25) is 5.22 Å². The smallest absolute Gasteiger partial charge is 0.258 e. The Morgan fingerprint density at radius 1 is 1.28 bits per heavy atom. The molecule has 1 heterocycles. The number of aryl methyl sites for hydroxylation is 1. The number of benzene rings is 1. The van der Waals surface area contributed by atoms with Gasteiger partial charge in [0.15, 0.2) is 0 Å². The average molecular weight is 264 g/mol. The SMILES string of the molecule is Cc1ccc(CN(C)C(=O)c2ccoc2Cl)cc1. The predicted octanol–water partition coefficient (Wildman–Crippen LogP) is 3.51. The number of hydrogen-bond donors (Lipinski definition) is 0. The lowest BCUT2D eigenvalue weighted by atomic mass is 10.1. The predicted molar refractivity (Wildman–Crippen MR) is 70.7 cm³/mol. The fourth-order valence-electron chi connectivity index (χ4n) is 1.69. The van der Waals surface area contributed by atoms with Crippen molar-refractivity contribution in [1.29, 1.82) is 0 Å². The van der Waals surface area contributed by atoms with Gasteiger partial charge in [-0.05, 0) is 30.2 Å². The Morgan fingerprint density at radius 3 is 2.50 bits per heavy atom. The lowest BCUT2D eigenvalue weighted by Gasteiger charge is -2.16. The van der Waals surface area contributed by atoms with E-state index in [1.807, 2.05) is 31.2 Å². The molecule has 1 aromatic heterocycles. The Kier molecular flexibility index (Phi) is 3.72. The van der Waals surface area contributed by atoms with Crippen molar-refractivity contribution >= 4 is 17.5 Å². The number of carbonyl (C=O) groups excluding carboxylic acids is 1. The highest BCUT2D eigenvalue weighted by Gasteiger charge is 2.17. The summed E-state index contributed by atoms with van der Waals surface area (Å²) in [6, 6.07) is 9.65. The maximum atomic E-state index is 12.1. The van der Waals surface area contributed by atoms with E-state index in [0.717, 1.165) is 5.56 Å². The first-order chi connectivity index (χ1) is 8.58. The van der Waals surface area contributed by atoms with Gasteiger partial charge in [0, 0.05) is 13.6 Å². The minimum Gasteiger partial charge on any atom is -0.452 e. The summed E-state index contributed by atoms with van der Waals surface area (Å²) in [6.07, 6.45) is 1.41. The van der Waals surface area contributed by atoms with Gasteiger partial charge in [-0.1, -0.05) is 29.8 Å². The van der Waals surface area contributed by atoms with Crippen molar-refractivity contribution in [2.75, 3.05) is 7.05 Å². The van der Waals surface area contributed by atoms with E-state index in [-0.39, 0.29) is 11.1 Å². The fraction of sp³-hybridized carbons (Fsp3) is 0.214. The molecule has 0 aliphatic carbocycles. The van der Waals surface area contributed by atoms with E-state index in [1.165, 1.54) is 11.8 Å². The molecule has 0 aliphatic heterocycles. The molecular formula is C14H14ClNO2. The zero-order valence-electron chi connectivity index (χ0n) is 10.3. The molecule has 1 aromatic carbocycles. The molecule has 94 valence electrons. The second-order valence-corrected chi connectivity index (χ2v) is 4.60. The van der Waals surface area contributed by atoms with Gasteiger partial charge in [0.1, 0.15) is 0 Å². The van der Waals surface area contributed by atoms with E-state index >= 15 is 0 Å². The minimum absolute atomic E-state index is 0.135. The summed E-state index contributed by atoms with van der Waals surface area (Å²) in [5, 5.41) is 0.135. The maximum absolute atomic E-state index is 12.1. The zero-order chi connectivity index (χ0) is 13.1. The number of furan rings is 1. The highest BCUT2D eigenvalue weighted by molar-refractivity contribution is 6.32. The van der Waals surface area contributed by atoms with Crippen LogP contribution in [0.5, 0.6) is 0 Å². The average Bonchev–Trinajstić information content (AvgIpc) is 2.77. The Labute approximate surface area is 111 Å². The third kappa shape index (κ3) is 2.74. The molecule has 0 N–H and O–H groups in total. The molecule has 4 heteroatoms. The van der Waals surface area contributed by atoms with Crippen LogP contribution in [0, 0.1) is 6.92 Å². The van der Waals surface area contributed by atoms with Gasteiger partial charge in [-0.25, -0.2) is 0 Å². The first-order valence-corrected chi connectivity index (χ1v) is 5.99. The molecule has 0 spiro atoms. The molecule has 18 heavy (non-hydrogen) atoms. The van der Waals surface area contributed by atoms with Crippen LogP contribution in [0.2, 0.25) is 5.22 Å². The Hall–Kier alpha value is -1.74. The quantitative estimate of drug-likeness (QED) is 0.849. The van der Waals surface area contributed by atoms with Crippen LogP contribution in [-0.2, 0) is 6.54 Å². The van der Waals surface area contributed by atoms with Crippen molar-refractivity contribution in [3.63, 3.8) is 0 Å². The minimum atomic E-state index is -0.144. The van der Waals surface area contributed by atoms with Crippen molar-refractivity contribution in [3.05, 3.63) is 58.5 Å². The first-order valence-electron chi connectivity index (χ1n) is 5.62. The van der Waals surface area contributed by atoms with Crippen molar-refractivity contribution in [1.82, 2.24) is 4.90 Å². The van der Waals surface area contributed by atoms with E-state index in [1.54, 1.807) is 18.0 Å². The summed E-state index contributed by atoms with van der Waals surface area (Å²) >= 11 is 5.79. The third-order valence-electron chi connectivity index (χ3n) is 2.74. The van der Waals surface area contributed by atoms with Gasteiger partial charge in [-0.3, -0.25) is 4.79 Å². The number of nitrogens with zero attached hydrogens (tertiary/aromatic N) is 1. The van der Waals surface area contributed by atoms with Gasteiger partial charge in [-0.15, -0.1) is 0 Å². The van der Waals surface area contributed by atoms with Crippen LogP contribution >= 0.6 is 11.6 Å². The normalized spacial score (nSPS) is 10.4. The molecule has 0 saturated heterocycles. The van der Waals surface area contributed by atoms with Crippen LogP contribution in [-0.4, -0.2) is 17.9 Å². The molecule has 0 saturated carbocycles. The molecule has 0 aliphatic rings. The van der Waals surface area contributed by atoms with Gasteiger partial charge in [0.25, 0.3) is 5.91 Å². The molecule has 0 bridgehead atoms. The van der Waals surface area contributed by atoms with Crippen LogP contribution < -0.4 is 0 Å². The van der Waals surface area contributed by atoms with Crippen molar-refractivity contribution in [2.24, 2.45) is 0 Å². The number of hydrogen-bond acceptors (Lipinski definition) is 2. The molecule has 0 unspecified atom stereocenters. The lowest BCUT2D eigenvalue weighted by molar-refractivity contribution is 0.0784. The van der Waals surface area contributed by atoms with Crippen LogP contribution in [0.4, 0.5) is 0 Å². The van der Waals surface area contributed by atoms with E-state index in [0.29, 0.717) is 12.1 Å². The van der Waals surface area contributed by atoms with Gasteiger partial charge in [-0.2, -0.15) is 0 Å². The lowest BCUT2D eigenvalue weighted by Crippen LogP contribution is -2.26. The second kappa shape index (κ2) is 5.27. The highest BCUT2D eigenvalue weighted by Crippen LogP contribution is 2.19. The van der Waals surface area contributed by atoms with E-state index in [9.17, 15) is 4.79 Å². The van der Waals surface area contributed by atoms with Gasteiger partial charge in [0.05, 0.1) is 11.8 Å². The largest absolute Gasteiger partial charge is 0.452 e. The van der Waals surface area contributed by atoms with Crippen LogP contribution in [0.1, 0.15) is 21.5 Å². The molecule has 0 atom stereocenters. The summed E-state index contributed by atoms with van der Waals surface area (Å²) < 4.78 is 4.92. The van der Waals surface area contributed by atoms with Crippen molar-refractivity contribution in [2.45, 2.75) is 13.5 Å². The Balaban J connectivity index is 2.08. The fourth-order valence-corrected chi connectivity index (χ4v) is 1.89. The van der Waals surface area contributed by atoms with E-state index in [2.05, 4.69) is 0 Å². The Morgan fingerprint density at radius 2 is 1.94 bits per heavy atom. The van der Waals surface area contributed by atoms with E-state index < -0.39 is 0 Å². The summed E-state index contributed by atoms with van der Waals surface area (Å²) in [6.45, 7) is 2.57. The topological polar surface area (TPSA) is 33.5 Å². The molecule has 1 amide bonds. The van der Waals surface area contributed by atoms with Crippen molar-refractivity contribution < 1.29 is 9.21 Å². The van der Waals surface area contributed by atoms with Crippen LogP contribution in [0.3, 0.4) is 0 Å². The summed E-state index contributed by atoms with van der Waals surface area (Å²) in [5.41, 5.74) is 2.67. The number of amides is 1. The van der Waals surface area contributed by atoms with Gasteiger partial charge < -0.3 is 9.32 Å². The summed E-state index contributed by atoms with van der Waals surface area (Å²) in [4.78, 5) is 13.7. The Bertz CT molecular complexity index is 545. The van der Waals surface area contributed by atoms with E-state index in [4.69, 9.17) is 16.0 Å². The molecular weight excluding hydrogens is 250 g/mol. The third-order valence-corrected chi connectivity index (χ3v) is 3.03. The molecule has 0 radical (unpaired) electrons. The molecule has 2 rings (SSSR count). The monoisotopic (exact) mass is 263 g/mol. The first kappa shape index (κ1) is 12.7. The summed E-state index contributed by atoms with van der Waals surface area (Å²) in [7, 11) is 1.74. The number of carbonyl (C=O) groups is 1. The zero-order valence-corrected chi connectivity index (χ0v) is 11.1. The molecule has 3 nitrogen and oxygen atoms in total. The van der Waals surface area contributed by atoms with Gasteiger partial charge >= 0.3 is 0 Å². The van der Waals surface area contributed by atoms with Crippen molar-refractivity contribution in [3.8, 4) is 0 Å². The number of halogens is 1. The number of rotatable bonds is 3. The molecule has 2 aromatic rings. The van der Waals surface area contributed by atoms with Crippen LogP contribution in [0.25, 0.3) is 0 Å². The molecule has 0 fully saturated rings. The highest BCUT2D eigenvalue weighted by atomic mass is 35.5. The second-order valence-electron chi connectivity index (χ2n) is 4.25.